The predicted molar refractivity (Wildman–Crippen MR) is 73.3 cm³/mol. The second-order valence-corrected chi connectivity index (χ2v) is 6.96. The average Bonchev–Trinajstić information content (AvgIpc) is 2.85. The minimum Gasteiger partial charge on any atom is -0.147 e. The lowest BCUT2D eigenvalue weighted by molar-refractivity contribution is 0.225. The summed E-state index contributed by atoms with van der Waals surface area (Å²) < 4.78 is 0. The summed E-state index contributed by atoms with van der Waals surface area (Å²) in [7, 11) is 0. The Hall–Kier alpha value is -0.0100. The molecule has 0 bridgehead atoms. The molecule has 0 saturated heterocycles. The van der Waals surface area contributed by atoms with Gasteiger partial charge in [-0.25, -0.2) is 0 Å². The molecule has 0 aliphatic heterocycles. The number of hydrogen-bond donors (Lipinski definition) is 0. The highest BCUT2D eigenvalue weighted by Crippen LogP contribution is 2.55. The van der Waals surface area contributed by atoms with Crippen molar-refractivity contribution >= 4 is 22.9 Å². The summed E-state index contributed by atoms with van der Waals surface area (Å²) >= 11 is 8.58. The summed E-state index contributed by atoms with van der Waals surface area (Å²) in [6, 6.07) is 4.32. The van der Waals surface area contributed by atoms with E-state index in [0.29, 0.717) is 5.41 Å². The Morgan fingerprint density at radius 1 is 1.38 bits per heavy atom. The molecule has 1 aromatic heterocycles. The van der Waals surface area contributed by atoms with Crippen LogP contribution in [-0.2, 0) is 0 Å². The van der Waals surface area contributed by atoms with Gasteiger partial charge in [0.25, 0.3) is 0 Å². The van der Waals surface area contributed by atoms with Crippen molar-refractivity contribution in [3.05, 3.63) is 22.4 Å². The Bertz CT molecular complexity index is 309. The Kier molecular flexibility index (Phi) is 3.97. The molecule has 1 atom stereocenters. The standard InChI is InChI=1S/C14H21ClS/c1-11(2)10-14(7-3-4-8-14)13(15)12-6-5-9-16-12/h5-6,9,11,13H,3-4,7-8,10H2,1-2H3. The fourth-order valence-electron chi connectivity index (χ4n) is 3.19. The lowest BCUT2D eigenvalue weighted by Crippen LogP contribution is -2.24. The molecule has 1 aromatic rings. The Morgan fingerprint density at radius 2 is 2.06 bits per heavy atom. The van der Waals surface area contributed by atoms with Crippen molar-refractivity contribution in [3.8, 4) is 0 Å². The number of halogens is 1. The van der Waals surface area contributed by atoms with Gasteiger partial charge in [-0.15, -0.1) is 22.9 Å². The van der Waals surface area contributed by atoms with Gasteiger partial charge < -0.3 is 0 Å². The van der Waals surface area contributed by atoms with Crippen molar-refractivity contribution < 1.29 is 0 Å². The van der Waals surface area contributed by atoms with Crippen LogP contribution in [0.15, 0.2) is 17.5 Å². The normalized spacial score (nSPS) is 21.5. The minimum absolute atomic E-state index is 0.234. The van der Waals surface area contributed by atoms with Crippen LogP contribution < -0.4 is 0 Å². The monoisotopic (exact) mass is 256 g/mol. The van der Waals surface area contributed by atoms with Gasteiger partial charge in [0, 0.05) is 4.88 Å². The zero-order chi connectivity index (χ0) is 11.6. The van der Waals surface area contributed by atoms with Gasteiger partial charge in [0.15, 0.2) is 0 Å². The molecule has 16 heavy (non-hydrogen) atoms. The lowest BCUT2D eigenvalue weighted by atomic mass is 9.75. The van der Waals surface area contributed by atoms with Crippen LogP contribution in [0.1, 0.15) is 56.2 Å². The summed E-state index contributed by atoms with van der Waals surface area (Å²) in [5.74, 6) is 0.749. The van der Waals surface area contributed by atoms with E-state index in [0.717, 1.165) is 5.92 Å². The first-order valence-corrected chi connectivity index (χ1v) is 7.63. The maximum Gasteiger partial charge on any atom is 0.0734 e. The van der Waals surface area contributed by atoms with Crippen LogP contribution >= 0.6 is 22.9 Å². The van der Waals surface area contributed by atoms with Crippen LogP contribution in [0.5, 0.6) is 0 Å². The van der Waals surface area contributed by atoms with E-state index in [9.17, 15) is 0 Å². The summed E-state index contributed by atoms with van der Waals surface area (Å²) in [4.78, 5) is 1.37. The SMILES string of the molecule is CC(C)CC1(C(Cl)c2cccs2)CCCC1. The minimum atomic E-state index is 0.234. The first-order valence-electron chi connectivity index (χ1n) is 6.31. The number of alkyl halides is 1. The molecule has 90 valence electrons. The second kappa shape index (κ2) is 5.10. The Morgan fingerprint density at radius 3 is 2.56 bits per heavy atom. The predicted octanol–water partition coefficient (Wildman–Crippen LogP) is 5.63. The van der Waals surface area contributed by atoms with Gasteiger partial charge in [-0.05, 0) is 42.0 Å². The zero-order valence-electron chi connectivity index (χ0n) is 10.2. The lowest BCUT2D eigenvalue weighted by Gasteiger charge is -2.35. The van der Waals surface area contributed by atoms with Gasteiger partial charge in [0.2, 0.25) is 0 Å². The van der Waals surface area contributed by atoms with E-state index >= 15 is 0 Å². The number of rotatable bonds is 4. The molecule has 1 aliphatic rings. The van der Waals surface area contributed by atoms with E-state index < -0.39 is 0 Å². The Balaban J connectivity index is 2.18. The third kappa shape index (κ3) is 2.46. The summed E-state index contributed by atoms with van der Waals surface area (Å²) in [6.07, 6.45) is 6.64. The molecule has 1 unspecified atom stereocenters. The van der Waals surface area contributed by atoms with Crippen molar-refractivity contribution in [2.75, 3.05) is 0 Å². The first kappa shape index (κ1) is 12.4. The maximum atomic E-state index is 6.77. The van der Waals surface area contributed by atoms with Crippen molar-refractivity contribution in [3.63, 3.8) is 0 Å². The van der Waals surface area contributed by atoms with Gasteiger partial charge in [0.05, 0.1) is 5.38 Å². The van der Waals surface area contributed by atoms with Crippen LogP contribution in [0.3, 0.4) is 0 Å². The highest BCUT2D eigenvalue weighted by atomic mass is 35.5. The molecule has 1 aliphatic carbocycles. The Labute approximate surface area is 108 Å². The van der Waals surface area contributed by atoms with Crippen LogP contribution in [0.4, 0.5) is 0 Å². The van der Waals surface area contributed by atoms with Gasteiger partial charge in [-0.1, -0.05) is 32.8 Å². The van der Waals surface area contributed by atoms with Crippen molar-refractivity contribution in [1.82, 2.24) is 0 Å². The topological polar surface area (TPSA) is 0 Å². The van der Waals surface area contributed by atoms with E-state index in [2.05, 4.69) is 31.4 Å². The van der Waals surface area contributed by atoms with E-state index in [-0.39, 0.29) is 5.38 Å². The van der Waals surface area contributed by atoms with Crippen LogP contribution in [0.2, 0.25) is 0 Å². The molecular formula is C14H21ClS. The number of thiophene rings is 1. The van der Waals surface area contributed by atoms with Gasteiger partial charge in [0.1, 0.15) is 0 Å². The van der Waals surface area contributed by atoms with Gasteiger partial charge in [-0.2, -0.15) is 0 Å². The maximum absolute atomic E-state index is 6.77. The quantitative estimate of drug-likeness (QED) is 0.612. The fraction of sp³-hybridized carbons (Fsp3) is 0.714. The number of hydrogen-bond acceptors (Lipinski definition) is 1. The highest BCUT2D eigenvalue weighted by Gasteiger charge is 2.41. The fourth-order valence-corrected chi connectivity index (χ4v) is 4.57. The van der Waals surface area contributed by atoms with E-state index in [1.54, 1.807) is 0 Å². The third-order valence-electron chi connectivity index (χ3n) is 3.74. The van der Waals surface area contributed by atoms with Crippen LogP contribution in [0, 0.1) is 11.3 Å². The molecule has 0 nitrogen and oxygen atoms in total. The van der Waals surface area contributed by atoms with Crippen LogP contribution in [-0.4, -0.2) is 0 Å². The van der Waals surface area contributed by atoms with Gasteiger partial charge in [-0.3, -0.25) is 0 Å². The molecule has 1 fully saturated rings. The van der Waals surface area contributed by atoms with Crippen molar-refractivity contribution in [2.24, 2.45) is 11.3 Å². The van der Waals surface area contributed by atoms with Crippen molar-refractivity contribution in [2.45, 2.75) is 51.3 Å². The first-order chi connectivity index (χ1) is 7.64. The smallest absolute Gasteiger partial charge is 0.0734 e. The molecule has 1 saturated carbocycles. The van der Waals surface area contributed by atoms with Crippen molar-refractivity contribution in [1.29, 1.82) is 0 Å². The average molecular weight is 257 g/mol. The summed E-state index contributed by atoms with van der Waals surface area (Å²) in [6.45, 7) is 4.64. The highest BCUT2D eigenvalue weighted by molar-refractivity contribution is 7.10. The molecule has 0 amide bonds. The van der Waals surface area contributed by atoms with E-state index in [1.807, 2.05) is 11.3 Å². The molecular weight excluding hydrogens is 236 g/mol. The molecule has 0 radical (unpaired) electrons. The van der Waals surface area contributed by atoms with Gasteiger partial charge >= 0.3 is 0 Å². The molecule has 0 aromatic carbocycles. The third-order valence-corrected chi connectivity index (χ3v) is 5.51. The zero-order valence-corrected chi connectivity index (χ0v) is 11.8. The van der Waals surface area contributed by atoms with E-state index in [4.69, 9.17) is 11.6 Å². The largest absolute Gasteiger partial charge is 0.147 e. The molecule has 0 spiro atoms. The molecule has 1 heterocycles. The van der Waals surface area contributed by atoms with E-state index in [1.165, 1.54) is 37.0 Å². The summed E-state index contributed by atoms with van der Waals surface area (Å²) in [5, 5.41) is 2.38. The second-order valence-electron chi connectivity index (χ2n) is 5.55. The molecule has 2 heteroatoms. The molecule has 2 rings (SSSR count). The molecule has 0 N–H and O–H groups in total. The summed E-state index contributed by atoms with van der Waals surface area (Å²) in [5.41, 5.74) is 0.376. The van der Waals surface area contributed by atoms with Crippen LogP contribution in [0.25, 0.3) is 0 Å².